The smallest absolute Gasteiger partial charge is 0.136 e. The number of rotatable bonds is 2. The van der Waals surface area contributed by atoms with Crippen molar-refractivity contribution in [2.24, 2.45) is 0 Å². The van der Waals surface area contributed by atoms with Crippen molar-refractivity contribution in [3.63, 3.8) is 0 Å². The van der Waals surface area contributed by atoms with E-state index in [0.717, 1.165) is 11.4 Å². The van der Waals surface area contributed by atoms with Crippen LogP contribution in [0.2, 0.25) is 0 Å². The maximum atomic E-state index is 4.37. The summed E-state index contributed by atoms with van der Waals surface area (Å²) >= 11 is 2.21. The number of aromatic nitrogens is 1. The van der Waals surface area contributed by atoms with Crippen LogP contribution in [0.25, 0.3) is 11.1 Å². The van der Waals surface area contributed by atoms with Gasteiger partial charge in [0.1, 0.15) is 5.82 Å². The number of halogens is 1. The lowest BCUT2D eigenvalue weighted by Crippen LogP contribution is -2.01. The van der Waals surface area contributed by atoms with Gasteiger partial charge < -0.3 is 3.11 Å². The second-order valence-electron chi connectivity index (χ2n) is 3.25. The molecule has 0 aliphatic carbocycles. The molecule has 0 aliphatic rings. The molecule has 0 spiro atoms. The van der Waals surface area contributed by atoms with Crippen LogP contribution in [0.4, 0.5) is 5.82 Å². The largest absolute Gasteiger partial charge is 0.302 e. The summed E-state index contributed by atoms with van der Waals surface area (Å²) in [7, 11) is 1.98. The molecule has 2 rings (SSSR count). The van der Waals surface area contributed by atoms with E-state index in [9.17, 15) is 0 Å². The lowest BCUT2D eigenvalue weighted by Gasteiger charge is -2.08. The predicted molar refractivity (Wildman–Crippen MR) is 72.1 cm³/mol. The van der Waals surface area contributed by atoms with E-state index in [4.69, 9.17) is 0 Å². The Morgan fingerprint density at radius 3 is 2.27 bits per heavy atom. The van der Waals surface area contributed by atoms with Crippen LogP contribution in [-0.2, 0) is 0 Å². The summed E-state index contributed by atoms with van der Waals surface area (Å²) in [5.74, 6) is 0.968. The summed E-state index contributed by atoms with van der Waals surface area (Å²) in [6.07, 6.45) is 1.90. The third kappa shape index (κ3) is 2.47. The Bertz CT molecular complexity index is 423. The second-order valence-corrected chi connectivity index (χ2v) is 4.70. The Labute approximate surface area is 103 Å². The van der Waals surface area contributed by atoms with Gasteiger partial charge >= 0.3 is 0 Å². The highest BCUT2D eigenvalue weighted by Crippen LogP contribution is 2.20. The van der Waals surface area contributed by atoms with Gasteiger partial charge in [-0.25, -0.2) is 4.98 Å². The first-order chi connectivity index (χ1) is 7.27. The molecular formula is C12H11IN2. The lowest BCUT2D eigenvalue weighted by molar-refractivity contribution is 1.24. The van der Waals surface area contributed by atoms with Crippen molar-refractivity contribution in [3.8, 4) is 11.1 Å². The van der Waals surface area contributed by atoms with Gasteiger partial charge in [0.2, 0.25) is 0 Å². The van der Waals surface area contributed by atoms with Gasteiger partial charge in [0.05, 0.1) is 22.9 Å². The molecule has 15 heavy (non-hydrogen) atoms. The van der Waals surface area contributed by atoms with Crippen LogP contribution >= 0.6 is 22.9 Å². The summed E-state index contributed by atoms with van der Waals surface area (Å²) in [6, 6.07) is 14.4. The van der Waals surface area contributed by atoms with Gasteiger partial charge in [0.15, 0.2) is 0 Å². The minimum absolute atomic E-state index is 0.968. The van der Waals surface area contributed by atoms with Crippen LogP contribution in [0.3, 0.4) is 0 Å². The van der Waals surface area contributed by atoms with E-state index >= 15 is 0 Å². The predicted octanol–water partition coefficient (Wildman–Crippen LogP) is 3.53. The van der Waals surface area contributed by atoms with Gasteiger partial charge in [0, 0.05) is 18.8 Å². The number of hydrogen-bond donors (Lipinski definition) is 0. The quantitative estimate of drug-likeness (QED) is 0.623. The Morgan fingerprint density at radius 2 is 1.73 bits per heavy atom. The van der Waals surface area contributed by atoms with Crippen molar-refractivity contribution in [2.45, 2.75) is 0 Å². The van der Waals surface area contributed by atoms with Crippen molar-refractivity contribution in [3.05, 3.63) is 48.7 Å². The number of anilines is 1. The monoisotopic (exact) mass is 310 g/mol. The molecular weight excluding hydrogens is 299 g/mol. The number of pyridine rings is 1. The van der Waals surface area contributed by atoms with Crippen molar-refractivity contribution >= 4 is 28.7 Å². The molecule has 1 aromatic carbocycles. The zero-order valence-electron chi connectivity index (χ0n) is 8.39. The summed E-state index contributed by atoms with van der Waals surface area (Å²) < 4.78 is 1.96. The average molecular weight is 310 g/mol. The van der Waals surface area contributed by atoms with Crippen molar-refractivity contribution in [1.29, 1.82) is 0 Å². The van der Waals surface area contributed by atoms with Gasteiger partial charge in [-0.1, -0.05) is 30.3 Å². The molecule has 1 heterocycles. The van der Waals surface area contributed by atoms with Crippen LogP contribution in [0.15, 0.2) is 48.7 Å². The maximum absolute atomic E-state index is 4.37. The highest BCUT2D eigenvalue weighted by Gasteiger charge is 1.99. The van der Waals surface area contributed by atoms with E-state index < -0.39 is 0 Å². The van der Waals surface area contributed by atoms with E-state index in [0.29, 0.717) is 0 Å². The fourth-order valence-corrected chi connectivity index (χ4v) is 1.66. The SMILES string of the molecule is CN(I)c1ccc(-c2ccccc2)cn1. The molecule has 0 saturated carbocycles. The third-order valence-electron chi connectivity index (χ3n) is 2.17. The number of hydrogen-bond acceptors (Lipinski definition) is 2. The van der Waals surface area contributed by atoms with E-state index in [1.165, 1.54) is 5.56 Å². The molecule has 0 radical (unpaired) electrons. The van der Waals surface area contributed by atoms with Gasteiger partial charge in [-0.15, -0.1) is 0 Å². The van der Waals surface area contributed by atoms with Crippen LogP contribution in [0.5, 0.6) is 0 Å². The van der Waals surface area contributed by atoms with E-state index in [1.807, 2.05) is 40.6 Å². The lowest BCUT2D eigenvalue weighted by atomic mass is 10.1. The fraction of sp³-hybridized carbons (Fsp3) is 0.0833. The molecule has 0 atom stereocenters. The Morgan fingerprint density at radius 1 is 1.00 bits per heavy atom. The number of nitrogens with zero attached hydrogens (tertiary/aromatic N) is 2. The normalized spacial score (nSPS) is 10.0. The Balaban J connectivity index is 2.32. The summed E-state index contributed by atoms with van der Waals surface area (Å²) in [4.78, 5) is 4.37. The van der Waals surface area contributed by atoms with Gasteiger partial charge in [-0.3, -0.25) is 0 Å². The molecule has 0 fully saturated rings. The molecule has 0 saturated heterocycles. The van der Waals surface area contributed by atoms with Gasteiger partial charge in [-0.05, 0) is 17.7 Å². The highest BCUT2D eigenvalue weighted by molar-refractivity contribution is 14.1. The fourth-order valence-electron chi connectivity index (χ4n) is 1.37. The van der Waals surface area contributed by atoms with Crippen LogP contribution in [0.1, 0.15) is 0 Å². The minimum Gasteiger partial charge on any atom is -0.302 e. The molecule has 0 aliphatic heterocycles. The van der Waals surface area contributed by atoms with Gasteiger partial charge in [-0.2, -0.15) is 0 Å². The van der Waals surface area contributed by atoms with Crippen molar-refractivity contribution in [2.75, 3.05) is 10.2 Å². The van der Waals surface area contributed by atoms with Crippen molar-refractivity contribution in [1.82, 2.24) is 4.98 Å². The molecule has 3 heteroatoms. The van der Waals surface area contributed by atoms with Gasteiger partial charge in [0.25, 0.3) is 0 Å². The first-order valence-electron chi connectivity index (χ1n) is 4.68. The standard InChI is InChI=1S/C12H11IN2/c1-15(13)12-8-7-11(9-14-12)10-5-3-2-4-6-10/h2-9H,1H3. The number of benzene rings is 1. The minimum atomic E-state index is 0.968. The third-order valence-corrected chi connectivity index (χ3v) is 2.66. The highest BCUT2D eigenvalue weighted by atomic mass is 127. The van der Waals surface area contributed by atoms with E-state index in [2.05, 4.69) is 46.0 Å². The average Bonchev–Trinajstić information content (AvgIpc) is 2.30. The Hall–Kier alpha value is -1.10. The molecule has 0 unspecified atom stereocenters. The van der Waals surface area contributed by atoms with Crippen LogP contribution in [-0.4, -0.2) is 12.0 Å². The zero-order chi connectivity index (χ0) is 10.7. The second kappa shape index (κ2) is 4.61. The zero-order valence-corrected chi connectivity index (χ0v) is 10.5. The van der Waals surface area contributed by atoms with E-state index in [-0.39, 0.29) is 0 Å². The molecule has 0 N–H and O–H groups in total. The molecule has 0 bridgehead atoms. The molecule has 76 valence electrons. The van der Waals surface area contributed by atoms with E-state index in [1.54, 1.807) is 0 Å². The van der Waals surface area contributed by atoms with Crippen LogP contribution in [0, 0.1) is 0 Å². The summed E-state index contributed by atoms with van der Waals surface area (Å²) in [5.41, 5.74) is 2.35. The molecule has 2 nitrogen and oxygen atoms in total. The molecule has 0 amide bonds. The topological polar surface area (TPSA) is 16.1 Å². The first kappa shape index (κ1) is 10.4. The summed E-state index contributed by atoms with van der Waals surface area (Å²) in [5, 5.41) is 0. The van der Waals surface area contributed by atoms with Crippen molar-refractivity contribution < 1.29 is 0 Å². The maximum Gasteiger partial charge on any atom is 0.136 e. The first-order valence-corrected chi connectivity index (χ1v) is 5.65. The molecule has 2 aromatic rings. The van der Waals surface area contributed by atoms with Crippen LogP contribution < -0.4 is 3.11 Å². The summed E-state index contributed by atoms with van der Waals surface area (Å²) in [6.45, 7) is 0. The Kier molecular flexibility index (Phi) is 3.20. The molecule has 1 aromatic heterocycles.